The number of hydrogen-bond donors (Lipinski definition) is 0. The third kappa shape index (κ3) is 3.45. The summed E-state index contributed by atoms with van der Waals surface area (Å²) in [7, 11) is 0. The van der Waals surface area contributed by atoms with Crippen LogP contribution in [-0.2, 0) is 11.2 Å². The molecular formula is C16H19NO2S. The zero-order chi connectivity index (χ0) is 14.7. The van der Waals surface area contributed by atoms with Crippen LogP contribution in [0.3, 0.4) is 0 Å². The van der Waals surface area contributed by atoms with Crippen LogP contribution in [0.15, 0.2) is 23.6 Å². The third-order valence-corrected chi connectivity index (χ3v) is 4.21. The highest BCUT2D eigenvalue weighted by Gasteiger charge is 2.13. The van der Waals surface area contributed by atoms with E-state index in [1.165, 1.54) is 0 Å². The van der Waals surface area contributed by atoms with Gasteiger partial charge in [0.1, 0.15) is 5.75 Å². The van der Waals surface area contributed by atoms with Crippen LogP contribution < -0.4 is 4.74 Å². The number of thiazole rings is 1. The molecule has 1 aromatic carbocycles. The second-order valence-electron chi connectivity index (χ2n) is 5.20. The molecule has 4 heteroatoms. The SMILES string of the molecule is Cc1cccc(C)c1OC(=O)Cc1csc(C(C)C)n1. The summed E-state index contributed by atoms with van der Waals surface area (Å²) in [6, 6.07) is 5.84. The molecule has 0 saturated heterocycles. The molecule has 20 heavy (non-hydrogen) atoms. The molecule has 0 bridgehead atoms. The topological polar surface area (TPSA) is 39.2 Å². The number of aryl methyl sites for hydroxylation is 2. The molecule has 0 aliphatic heterocycles. The second kappa shape index (κ2) is 6.18. The lowest BCUT2D eigenvalue weighted by Gasteiger charge is -2.09. The van der Waals surface area contributed by atoms with Crippen molar-refractivity contribution in [1.29, 1.82) is 0 Å². The first-order chi connectivity index (χ1) is 9.47. The number of benzene rings is 1. The highest BCUT2D eigenvalue weighted by atomic mass is 32.1. The Hall–Kier alpha value is -1.68. The number of carbonyl (C=O) groups is 1. The lowest BCUT2D eigenvalue weighted by Crippen LogP contribution is -2.13. The van der Waals surface area contributed by atoms with Gasteiger partial charge in [-0.3, -0.25) is 4.79 Å². The van der Waals surface area contributed by atoms with Crippen molar-refractivity contribution < 1.29 is 9.53 Å². The molecule has 106 valence electrons. The van der Waals surface area contributed by atoms with Gasteiger partial charge < -0.3 is 4.74 Å². The van der Waals surface area contributed by atoms with E-state index in [9.17, 15) is 4.79 Å². The number of aromatic nitrogens is 1. The zero-order valence-corrected chi connectivity index (χ0v) is 13.1. The van der Waals surface area contributed by atoms with Crippen LogP contribution in [0.4, 0.5) is 0 Å². The van der Waals surface area contributed by atoms with Crippen molar-refractivity contribution in [3.63, 3.8) is 0 Å². The molecule has 0 atom stereocenters. The van der Waals surface area contributed by atoms with Gasteiger partial charge in [0.2, 0.25) is 0 Å². The fraction of sp³-hybridized carbons (Fsp3) is 0.375. The van der Waals surface area contributed by atoms with Crippen LogP contribution in [0.2, 0.25) is 0 Å². The number of carbonyl (C=O) groups excluding carboxylic acids is 1. The normalized spacial score (nSPS) is 10.8. The average Bonchev–Trinajstić information content (AvgIpc) is 2.82. The first kappa shape index (κ1) is 14.7. The first-order valence-corrected chi connectivity index (χ1v) is 7.56. The van der Waals surface area contributed by atoms with Gasteiger partial charge in [-0.05, 0) is 25.0 Å². The van der Waals surface area contributed by atoms with Crippen molar-refractivity contribution in [3.05, 3.63) is 45.4 Å². The number of para-hydroxylation sites is 1. The van der Waals surface area contributed by atoms with E-state index in [-0.39, 0.29) is 12.4 Å². The third-order valence-electron chi connectivity index (χ3n) is 3.01. The van der Waals surface area contributed by atoms with Gasteiger partial charge >= 0.3 is 5.97 Å². The van der Waals surface area contributed by atoms with Gasteiger partial charge in [-0.1, -0.05) is 32.0 Å². The Morgan fingerprint density at radius 1 is 1.30 bits per heavy atom. The molecular weight excluding hydrogens is 270 g/mol. The monoisotopic (exact) mass is 289 g/mol. The molecule has 0 aliphatic rings. The highest BCUT2D eigenvalue weighted by Crippen LogP contribution is 2.23. The minimum absolute atomic E-state index is 0.219. The van der Waals surface area contributed by atoms with E-state index in [1.54, 1.807) is 11.3 Å². The molecule has 0 radical (unpaired) electrons. The molecule has 0 N–H and O–H groups in total. The van der Waals surface area contributed by atoms with Crippen molar-refractivity contribution in [2.24, 2.45) is 0 Å². The molecule has 3 nitrogen and oxygen atoms in total. The van der Waals surface area contributed by atoms with Gasteiger partial charge in [0.05, 0.1) is 17.1 Å². The van der Waals surface area contributed by atoms with Gasteiger partial charge in [-0.2, -0.15) is 0 Å². The smallest absolute Gasteiger partial charge is 0.317 e. The van der Waals surface area contributed by atoms with E-state index in [0.717, 1.165) is 21.8 Å². The Labute approximate surface area is 123 Å². The Balaban J connectivity index is 2.05. The molecule has 0 fully saturated rings. The van der Waals surface area contributed by atoms with E-state index in [1.807, 2.05) is 37.4 Å². The maximum Gasteiger partial charge on any atom is 0.317 e. The van der Waals surface area contributed by atoms with Crippen LogP contribution in [0.1, 0.15) is 41.6 Å². The fourth-order valence-corrected chi connectivity index (χ4v) is 2.76. The number of ether oxygens (including phenoxy) is 1. The van der Waals surface area contributed by atoms with Crippen molar-refractivity contribution in [2.45, 2.75) is 40.0 Å². The number of rotatable bonds is 4. The van der Waals surface area contributed by atoms with E-state index >= 15 is 0 Å². The molecule has 0 unspecified atom stereocenters. The van der Waals surface area contributed by atoms with Crippen molar-refractivity contribution in [1.82, 2.24) is 4.98 Å². The standard InChI is InChI=1S/C16H19NO2S/c1-10(2)16-17-13(9-20-16)8-14(18)19-15-11(3)6-5-7-12(15)4/h5-7,9-10H,8H2,1-4H3. The lowest BCUT2D eigenvalue weighted by atomic mass is 10.1. The second-order valence-corrected chi connectivity index (χ2v) is 6.09. The summed E-state index contributed by atoms with van der Waals surface area (Å²) in [5, 5.41) is 2.99. The summed E-state index contributed by atoms with van der Waals surface area (Å²) < 4.78 is 5.48. The van der Waals surface area contributed by atoms with Gasteiger partial charge in [-0.25, -0.2) is 4.98 Å². The fourth-order valence-electron chi connectivity index (χ4n) is 1.93. The van der Waals surface area contributed by atoms with E-state index < -0.39 is 0 Å². The minimum atomic E-state index is -0.261. The van der Waals surface area contributed by atoms with Crippen molar-refractivity contribution in [3.8, 4) is 5.75 Å². The van der Waals surface area contributed by atoms with E-state index in [4.69, 9.17) is 4.74 Å². The van der Waals surface area contributed by atoms with Gasteiger partial charge in [-0.15, -0.1) is 11.3 Å². The summed E-state index contributed by atoms with van der Waals surface area (Å²) in [5.74, 6) is 0.795. The molecule has 0 amide bonds. The minimum Gasteiger partial charge on any atom is -0.426 e. The highest BCUT2D eigenvalue weighted by molar-refractivity contribution is 7.09. The Kier molecular flexibility index (Phi) is 4.55. The maximum absolute atomic E-state index is 12.0. The van der Waals surface area contributed by atoms with Crippen LogP contribution in [0.5, 0.6) is 5.75 Å². The van der Waals surface area contributed by atoms with Crippen molar-refractivity contribution >= 4 is 17.3 Å². The van der Waals surface area contributed by atoms with Crippen molar-refractivity contribution in [2.75, 3.05) is 0 Å². The molecule has 2 aromatic rings. The van der Waals surface area contributed by atoms with Crippen LogP contribution in [0.25, 0.3) is 0 Å². The van der Waals surface area contributed by atoms with Crippen LogP contribution >= 0.6 is 11.3 Å². The number of esters is 1. The summed E-state index contributed by atoms with van der Waals surface area (Å²) in [4.78, 5) is 16.5. The quantitative estimate of drug-likeness (QED) is 0.630. The molecule has 0 saturated carbocycles. The molecule has 0 aliphatic carbocycles. The van der Waals surface area contributed by atoms with Crippen LogP contribution in [-0.4, -0.2) is 11.0 Å². The number of hydrogen-bond acceptors (Lipinski definition) is 4. The lowest BCUT2D eigenvalue weighted by molar-refractivity contribution is -0.133. The van der Waals surface area contributed by atoms with Gasteiger partial charge in [0.25, 0.3) is 0 Å². The largest absolute Gasteiger partial charge is 0.426 e. The predicted octanol–water partition coefficient (Wildman–Crippen LogP) is 4.03. The molecule has 1 aromatic heterocycles. The van der Waals surface area contributed by atoms with Gasteiger partial charge in [0.15, 0.2) is 0 Å². The Morgan fingerprint density at radius 3 is 2.50 bits per heavy atom. The van der Waals surface area contributed by atoms with Gasteiger partial charge in [0, 0.05) is 11.3 Å². The van der Waals surface area contributed by atoms with E-state index in [0.29, 0.717) is 11.7 Å². The molecule has 1 heterocycles. The summed E-state index contributed by atoms with van der Waals surface area (Å²) in [5.41, 5.74) is 2.73. The molecule has 0 spiro atoms. The average molecular weight is 289 g/mol. The first-order valence-electron chi connectivity index (χ1n) is 6.68. The summed E-state index contributed by atoms with van der Waals surface area (Å²) >= 11 is 1.59. The summed E-state index contributed by atoms with van der Waals surface area (Å²) in [6.45, 7) is 8.07. The molecule has 2 rings (SSSR count). The van der Waals surface area contributed by atoms with E-state index in [2.05, 4.69) is 18.8 Å². The predicted molar refractivity (Wildman–Crippen MR) is 81.5 cm³/mol. The Morgan fingerprint density at radius 2 is 1.95 bits per heavy atom. The van der Waals surface area contributed by atoms with Crippen LogP contribution in [0, 0.1) is 13.8 Å². The maximum atomic E-state index is 12.0. The number of nitrogens with zero attached hydrogens (tertiary/aromatic N) is 1. The zero-order valence-electron chi connectivity index (χ0n) is 12.3. The summed E-state index contributed by atoms with van der Waals surface area (Å²) in [6.07, 6.45) is 0.219. The Bertz CT molecular complexity index is 596.